The number of carbonyl (C=O) groups excluding carboxylic acids is 2. The highest BCUT2D eigenvalue weighted by molar-refractivity contribution is 6.26. The minimum absolute atomic E-state index is 0.265. The lowest BCUT2D eigenvalue weighted by atomic mass is 10.1. The molecule has 0 saturated carbocycles. The highest BCUT2D eigenvalue weighted by Crippen LogP contribution is 2.55. The number of carbonyl (C=O) groups is 2. The third kappa shape index (κ3) is 3.15. The second-order valence-electron chi connectivity index (χ2n) is 4.66. The Kier molecular flexibility index (Phi) is 4.73. The van der Waals surface area contributed by atoms with E-state index in [2.05, 4.69) is 32.7 Å². The quantitative estimate of drug-likeness (QED) is 0.340. The summed E-state index contributed by atoms with van der Waals surface area (Å²) in [5.41, 5.74) is -0.290. The molecule has 1 aliphatic rings. The van der Waals surface area contributed by atoms with Gasteiger partial charge in [0.05, 0.1) is 0 Å². The molecule has 11 heteroatoms. The molecule has 0 bridgehead atoms. The summed E-state index contributed by atoms with van der Waals surface area (Å²) in [5.74, 6) is -6.90. The highest BCUT2D eigenvalue weighted by atomic mass is 35.5. The molecule has 132 valence electrons. The van der Waals surface area contributed by atoms with Gasteiger partial charge in [-0.05, 0) is 29.3 Å². The first-order chi connectivity index (χ1) is 10.9. The Morgan fingerprint density at radius 2 is 1.75 bits per heavy atom. The van der Waals surface area contributed by atoms with Crippen LogP contribution in [0.1, 0.15) is 18.6 Å². The van der Waals surface area contributed by atoms with E-state index in [9.17, 15) is 27.2 Å². The summed E-state index contributed by atoms with van der Waals surface area (Å²) in [5, 5.41) is -9.70. The number of ether oxygens (including phenoxy) is 3. The first-order valence-corrected chi connectivity index (χ1v) is 6.96. The summed E-state index contributed by atoms with van der Waals surface area (Å²) >= 11 is 9.28. The zero-order valence-corrected chi connectivity index (χ0v) is 13.2. The summed E-state index contributed by atoms with van der Waals surface area (Å²) in [4.78, 5) is 22.9. The average Bonchev–Trinajstić information content (AvgIpc) is 2.77. The lowest BCUT2D eigenvalue weighted by molar-refractivity contribution is -0.325. The number of benzene rings is 1. The van der Waals surface area contributed by atoms with E-state index in [1.807, 2.05) is 0 Å². The van der Waals surface area contributed by atoms with Gasteiger partial charge in [0.2, 0.25) is 0 Å². The molecule has 0 spiro atoms. The summed E-state index contributed by atoms with van der Waals surface area (Å²) < 4.78 is 67.1. The summed E-state index contributed by atoms with van der Waals surface area (Å²) in [6, 6.07) is 5.06. The number of rotatable bonds is 4. The number of para-hydroxylation sites is 1. The molecule has 1 fully saturated rings. The average molecular weight is 391 g/mol. The smallest absolute Gasteiger partial charge is 0.393 e. The van der Waals surface area contributed by atoms with Crippen LogP contribution in [0.15, 0.2) is 24.3 Å². The van der Waals surface area contributed by atoms with Crippen LogP contribution < -0.4 is 4.74 Å². The van der Waals surface area contributed by atoms with Crippen LogP contribution in [0.4, 0.5) is 17.6 Å². The number of hydrogen-bond donors (Lipinski definition) is 0. The number of alkyl halides is 6. The Labute approximate surface area is 142 Å². The molecular formula is C13H8Cl2F4O5. The van der Waals surface area contributed by atoms with Crippen molar-refractivity contribution in [1.29, 1.82) is 0 Å². The van der Waals surface area contributed by atoms with Gasteiger partial charge in [-0.15, -0.1) is 0 Å². The Balaban J connectivity index is 2.49. The molecule has 0 aromatic heterocycles. The van der Waals surface area contributed by atoms with Gasteiger partial charge in [0, 0.05) is 12.5 Å². The minimum Gasteiger partial charge on any atom is -0.426 e. The van der Waals surface area contributed by atoms with Crippen molar-refractivity contribution >= 4 is 35.1 Å². The van der Waals surface area contributed by atoms with E-state index < -0.39 is 34.6 Å². The molecule has 5 nitrogen and oxygen atoms in total. The van der Waals surface area contributed by atoms with Crippen molar-refractivity contribution in [3.63, 3.8) is 0 Å². The first kappa shape index (κ1) is 18.8. The number of hydrogen-bond acceptors (Lipinski definition) is 5. The van der Waals surface area contributed by atoms with Crippen molar-refractivity contribution in [2.75, 3.05) is 0 Å². The minimum atomic E-state index is -4.85. The van der Waals surface area contributed by atoms with Crippen LogP contribution in [0.5, 0.6) is 5.75 Å². The maximum atomic E-state index is 13.5. The molecule has 24 heavy (non-hydrogen) atoms. The molecule has 1 atom stereocenters. The summed E-state index contributed by atoms with van der Waals surface area (Å²) in [6.07, 6.45) is -2.06. The number of esters is 2. The first-order valence-electron chi connectivity index (χ1n) is 6.20. The monoisotopic (exact) mass is 390 g/mol. The molecule has 1 aliphatic heterocycles. The number of cyclic esters (lactones) is 1. The molecule has 0 N–H and O–H groups in total. The van der Waals surface area contributed by atoms with Crippen molar-refractivity contribution in [1.82, 2.24) is 0 Å². The highest BCUT2D eigenvalue weighted by Gasteiger charge is 2.77. The normalized spacial score (nSPS) is 20.6. The Bertz CT molecular complexity index is 657. The molecule has 0 amide bonds. The molecule has 0 radical (unpaired) electrons. The molecule has 1 saturated heterocycles. The van der Waals surface area contributed by atoms with Gasteiger partial charge >= 0.3 is 28.5 Å². The van der Waals surface area contributed by atoms with Crippen molar-refractivity contribution in [2.45, 2.75) is 29.6 Å². The van der Waals surface area contributed by atoms with E-state index in [1.54, 1.807) is 0 Å². The summed E-state index contributed by atoms with van der Waals surface area (Å²) in [7, 11) is 0. The van der Waals surface area contributed by atoms with E-state index in [-0.39, 0.29) is 11.3 Å². The third-order valence-electron chi connectivity index (χ3n) is 2.94. The lowest BCUT2D eigenvalue weighted by Crippen LogP contribution is -2.57. The van der Waals surface area contributed by atoms with Gasteiger partial charge < -0.3 is 14.2 Å². The topological polar surface area (TPSA) is 61.8 Å². The fourth-order valence-electron chi connectivity index (χ4n) is 1.98. The van der Waals surface area contributed by atoms with Gasteiger partial charge in [0.15, 0.2) is 6.10 Å². The predicted octanol–water partition coefficient (Wildman–Crippen LogP) is 3.59. The van der Waals surface area contributed by atoms with Gasteiger partial charge in [-0.1, -0.05) is 18.2 Å². The lowest BCUT2D eigenvalue weighted by Gasteiger charge is -2.33. The maximum Gasteiger partial charge on any atom is 0.393 e. The van der Waals surface area contributed by atoms with Crippen LogP contribution in [-0.2, 0) is 19.1 Å². The van der Waals surface area contributed by atoms with E-state index in [4.69, 9.17) is 4.74 Å². The molecule has 1 heterocycles. The zero-order valence-electron chi connectivity index (χ0n) is 11.7. The van der Waals surface area contributed by atoms with E-state index in [1.165, 1.54) is 18.2 Å². The fourth-order valence-corrected chi connectivity index (χ4v) is 2.43. The van der Waals surface area contributed by atoms with E-state index in [0.717, 1.165) is 13.0 Å². The van der Waals surface area contributed by atoms with Crippen molar-refractivity contribution in [2.24, 2.45) is 0 Å². The van der Waals surface area contributed by atoms with Gasteiger partial charge in [0.1, 0.15) is 5.75 Å². The van der Waals surface area contributed by atoms with Crippen LogP contribution in [0.25, 0.3) is 0 Å². The maximum absolute atomic E-state index is 13.5. The Hall–Kier alpha value is -1.58. The van der Waals surface area contributed by atoms with Crippen LogP contribution in [0, 0.1) is 0 Å². The van der Waals surface area contributed by atoms with Crippen LogP contribution in [0.2, 0.25) is 0 Å². The molecule has 1 unspecified atom stereocenters. The number of halogens is 6. The molecule has 1 aromatic rings. The zero-order chi connectivity index (χ0) is 18.3. The van der Waals surface area contributed by atoms with Gasteiger partial charge in [-0.3, -0.25) is 4.79 Å². The van der Waals surface area contributed by atoms with Crippen molar-refractivity contribution in [3.05, 3.63) is 29.8 Å². The standard InChI is InChI=1S/C13H8Cl2F4O5/c1-6(20)22-8-5-3-2-4-7(8)9-10(21)24-11(23-9,12(14,16)17)13(15,18)19/h2-5,9H,1H3. The van der Waals surface area contributed by atoms with Crippen molar-refractivity contribution < 1.29 is 41.4 Å². The van der Waals surface area contributed by atoms with Crippen LogP contribution in [-0.4, -0.2) is 28.5 Å². The van der Waals surface area contributed by atoms with Gasteiger partial charge in [-0.25, -0.2) is 4.79 Å². The second kappa shape index (κ2) is 6.05. The van der Waals surface area contributed by atoms with Crippen molar-refractivity contribution in [3.8, 4) is 5.75 Å². The summed E-state index contributed by atoms with van der Waals surface area (Å²) in [6.45, 7) is 1.04. The third-order valence-corrected chi connectivity index (χ3v) is 3.44. The Morgan fingerprint density at radius 1 is 1.21 bits per heavy atom. The predicted molar refractivity (Wildman–Crippen MR) is 72.0 cm³/mol. The van der Waals surface area contributed by atoms with E-state index in [0.29, 0.717) is 0 Å². The molecule has 0 aliphatic carbocycles. The SMILES string of the molecule is CC(=O)Oc1ccccc1C1OC(C(F)(F)Cl)(C(F)(F)Cl)OC1=O. The van der Waals surface area contributed by atoms with E-state index >= 15 is 0 Å². The van der Waals surface area contributed by atoms with Gasteiger partial charge in [0.25, 0.3) is 0 Å². The van der Waals surface area contributed by atoms with Crippen LogP contribution in [0.3, 0.4) is 0 Å². The largest absolute Gasteiger partial charge is 0.426 e. The molecule has 1 aromatic carbocycles. The molecular weight excluding hydrogens is 383 g/mol. The second-order valence-corrected chi connectivity index (χ2v) is 5.61. The Morgan fingerprint density at radius 3 is 2.21 bits per heavy atom. The van der Waals surface area contributed by atoms with Gasteiger partial charge in [-0.2, -0.15) is 17.6 Å². The fraction of sp³-hybridized carbons (Fsp3) is 0.385. The molecule has 2 rings (SSSR count). The van der Waals surface area contributed by atoms with Crippen LogP contribution >= 0.6 is 23.2 Å².